The summed E-state index contributed by atoms with van der Waals surface area (Å²) < 4.78 is 2.45. The summed E-state index contributed by atoms with van der Waals surface area (Å²) >= 11 is 0. The Morgan fingerprint density at radius 1 is 0.514 bits per heavy atom. The van der Waals surface area contributed by atoms with Crippen molar-refractivity contribution in [3.05, 3.63) is 18.2 Å². The van der Waals surface area contributed by atoms with Crippen LogP contribution in [0.3, 0.4) is 0 Å². The number of rotatable bonds is 27. The lowest BCUT2D eigenvalue weighted by Gasteiger charge is -2.14. The summed E-state index contributed by atoms with van der Waals surface area (Å²) in [6.45, 7) is 7.98. The van der Waals surface area contributed by atoms with Crippen LogP contribution in [-0.4, -0.2) is 4.98 Å². The topological polar surface area (TPSA) is 19.7 Å². The molecule has 1 rings (SSSR count). The highest BCUT2D eigenvalue weighted by molar-refractivity contribution is 4.90. The van der Waals surface area contributed by atoms with Crippen molar-refractivity contribution in [1.29, 1.82) is 0 Å². The van der Waals surface area contributed by atoms with Crippen molar-refractivity contribution in [3.8, 4) is 0 Å². The second-order valence-electron chi connectivity index (χ2n) is 11.3. The van der Waals surface area contributed by atoms with E-state index in [1.54, 1.807) is 0 Å². The van der Waals surface area contributed by atoms with E-state index < -0.39 is 0 Å². The van der Waals surface area contributed by atoms with Crippen LogP contribution in [0.1, 0.15) is 193 Å². The molecule has 1 aromatic rings. The van der Waals surface area contributed by atoms with Gasteiger partial charge in [-0.05, 0) is 19.8 Å². The first-order valence-corrected chi connectivity index (χ1v) is 16.4. The molecule has 0 aliphatic rings. The first-order chi connectivity index (χ1) is 17.3. The summed E-state index contributed by atoms with van der Waals surface area (Å²) in [5, 5.41) is 0. The lowest BCUT2D eigenvalue weighted by atomic mass is 9.93. The molecule has 1 atom stereocenters. The third-order valence-corrected chi connectivity index (χ3v) is 8.08. The number of H-pyrrole nitrogens is 1. The minimum Gasteiger partial charge on any atom is -0.247 e. The third kappa shape index (κ3) is 18.2. The Kier molecular flexibility index (Phi) is 22.9. The molecule has 0 saturated heterocycles. The number of hydrogen-bond acceptors (Lipinski definition) is 0. The molecule has 0 aliphatic carbocycles. The summed E-state index contributed by atoms with van der Waals surface area (Å²) in [7, 11) is 0. The average Bonchev–Trinajstić information content (AvgIpc) is 3.35. The van der Waals surface area contributed by atoms with Crippen LogP contribution in [0.5, 0.6) is 0 Å². The molecule has 0 radical (unpaired) electrons. The summed E-state index contributed by atoms with van der Waals surface area (Å²) in [5.41, 5.74) is 0. The van der Waals surface area contributed by atoms with Crippen LogP contribution in [0.15, 0.2) is 12.4 Å². The maximum absolute atomic E-state index is 3.60. The first-order valence-electron chi connectivity index (χ1n) is 16.4. The van der Waals surface area contributed by atoms with Crippen LogP contribution < -0.4 is 4.57 Å². The largest absolute Gasteiger partial charge is 0.257 e. The Morgan fingerprint density at radius 3 is 1.20 bits per heavy atom. The monoisotopic (exact) mass is 490 g/mol. The molecule has 0 fully saturated rings. The van der Waals surface area contributed by atoms with Crippen LogP contribution >= 0.6 is 0 Å². The highest BCUT2D eigenvalue weighted by Gasteiger charge is 2.21. The molecule has 206 valence electrons. The minimum atomic E-state index is 0.728. The second-order valence-corrected chi connectivity index (χ2v) is 11.3. The summed E-state index contributed by atoms with van der Waals surface area (Å²) in [5.74, 6) is 2.22. The number of aromatic amines is 1. The summed E-state index contributed by atoms with van der Waals surface area (Å²) in [6, 6.07) is 0. The number of hydrogen-bond donors (Lipinski definition) is 1. The molecule has 0 aromatic carbocycles. The van der Waals surface area contributed by atoms with Crippen molar-refractivity contribution in [2.75, 3.05) is 0 Å². The predicted octanol–water partition coefficient (Wildman–Crippen LogP) is 11.2. The van der Waals surface area contributed by atoms with E-state index in [1.165, 1.54) is 166 Å². The van der Waals surface area contributed by atoms with Gasteiger partial charge in [0.1, 0.15) is 12.4 Å². The molecule has 0 spiro atoms. The van der Waals surface area contributed by atoms with Gasteiger partial charge in [0.05, 0.1) is 12.5 Å². The maximum atomic E-state index is 3.60. The lowest BCUT2D eigenvalue weighted by molar-refractivity contribution is -0.701. The Balaban J connectivity index is 2.12. The Hall–Kier alpha value is -0.790. The number of aromatic nitrogens is 2. The van der Waals surface area contributed by atoms with Gasteiger partial charge in [-0.3, -0.25) is 0 Å². The van der Waals surface area contributed by atoms with E-state index in [9.17, 15) is 0 Å². The molecule has 0 aliphatic heterocycles. The van der Waals surface area contributed by atoms with Gasteiger partial charge in [0.25, 0.3) is 5.82 Å². The predicted molar refractivity (Wildman–Crippen MR) is 156 cm³/mol. The van der Waals surface area contributed by atoms with Gasteiger partial charge >= 0.3 is 0 Å². The summed E-state index contributed by atoms with van der Waals surface area (Å²) in [6.07, 6.45) is 40.3. The van der Waals surface area contributed by atoms with Crippen molar-refractivity contribution in [3.63, 3.8) is 0 Å². The van der Waals surface area contributed by atoms with Gasteiger partial charge in [0.15, 0.2) is 0 Å². The molecular weight excluding hydrogens is 424 g/mol. The SMILES string of the molecule is CCCCCCCCCCCCCCC[C@H](CCCCCCCCCCCC)c1[nH]cc[n+]1CC. The molecular formula is C33H65N2+. The quantitative estimate of drug-likeness (QED) is 0.0936. The third-order valence-electron chi connectivity index (χ3n) is 8.08. The molecule has 2 nitrogen and oxygen atoms in total. The fraction of sp³-hybridized carbons (Fsp3) is 0.909. The number of unbranched alkanes of at least 4 members (excludes halogenated alkanes) is 21. The fourth-order valence-electron chi connectivity index (χ4n) is 5.71. The van der Waals surface area contributed by atoms with Crippen LogP contribution in [0, 0.1) is 0 Å². The molecule has 0 unspecified atom stereocenters. The fourth-order valence-corrected chi connectivity index (χ4v) is 5.71. The number of nitrogens with one attached hydrogen (secondary N) is 1. The molecule has 0 bridgehead atoms. The second kappa shape index (κ2) is 24.9. The van der Waals surface area contributed by atoms with Gasteiger partial charge in [0.2, 0.25) is 0 Å². The zero-order chi connectivity index (χ0) is 25.2. The molecule has 35 heavy (non-hydrogen) atoms. The van der Waals surface area contributed by atoms with E-state index in [0.29, 0.717) is 0 Å². The van der Waals surface area contributed by atoms with Crippen molar-refractivity contribution in [2.24, 2.45) is 0 Å². The first kappa shape index (κ1) is 32.2. The Labute approximate surface area is 221 Å². The average molecular weight is 490 g/mol. The van der Waals surface area contributed by atoms with Crippen molar-refractivity contribution < 1.29 is 4.57 Å². The number of nitrogens with zero attached hydrogens (tertiary/aromatic N) is 1. The standard InChI is InChI=1S/C33H64N2/c1-4-7-9-11-13-15-17-18-19-21-23-25-27-29-32(33-34-30-31-35(33)6-3)28-26-24-22-20-16-14-12-10-8-5-2/h30-32H,4-29H2,1-3H3/p+1/t32-/m0/s1. The lowest BCUT2D eigenvalue weighted by Crippen LogP contribution is -2.36. The van der Waals surface area contributed by atoms with Crippen molar-refractivity contribution >= 4 is 0 Å². The van der Waals surface area contributed by atoms with E-state index in [1.807, 2.05) is 0 Å². The molecule has 1 heterocycles. The molecule has 1 aromatic heterocycles. The smallest absolute Gasteiger partial charge is 0.247 e. The Bertz CT molecular complexity index is 535. The molecule has 2 heteroatoms. The zero-order valence-electron chi connectivity index (χ0n) is 24.6. The van der Waals surface area contributed by atoms with Gasteiger partial charge in [0, 0.05) is 0 Å². The van der Waals surface area contributed by atoms with Gasteiger partial charge in [-0.1, -0.05) is 162 Å². The molecule has 0 amide bonds. The maximum Gasteiger partial charge on any atom is 0.257 e. The van der Waals surface area contributed by atoms with Crippen LogP contribution in [0.25, 0.3) is 0 Å². The number of imidazole rings is 1. The van der Waals surface area contributed by atoms with E-state index in [4.69, 9.17) is 0 Å². The van der Waals surface area contributed by atoms with Gasteiger partial charge in [-0.25, -0.2) is 9.55 Å². The normalized spacial score (nSPS) is 12.4. The highest BCUT2D eigenvalue weighted by Crippen LogP contribution is 2.26. The molecule has 1 N–H and O–H groups in total. The van der Waals surface area contributed by atoms with Crippen LogP contribution in [-0.2, 0) is 6.54 Å². The van der Waals surface area contributed by atoms with Gasteiger partial charge in [-0.15, -0.1) is 0 Å². The number of aryl methyl sites for hydroxylation is 1. The van der Waals surface area contributed by atoms with E-state index >= 15 is 0 Å². The van der Waals surface area contributed by atoms with Gasteiger partial charge in [-0.2, -0.15) is 0 Å². The minimum absolute atomic E-state index is 0.728. The molecule has 0 saturated carbocycles. The Morgan fingerprint density at radius 2 is 0.857 bits per heavy atom. The zero-order valence-corrected chi connectivity index (χ0v) is 24.6. The van der Waals surface area contributed by atoms with Crippen LogP contribution in [0.2, 0.25) is 0 Å². The van der Waals surface area contributed by atoms with Crippen LogP contribution in [0.4, 0.5) is 0 Å². The van der Waals surface area contributed by atoms with E-state index in [2.05, 4.69) is 42.7 Å². The van der Waals surface area contributed by atoms with Crippen molar-refractivity contribution in [1.82, 2.24) is 4.98 Å². The van der Waals surface area contributed by atoms with E-state index in [0.717, 1.165) is 12.5 Å². The summed E-state index contributed by atoms with van der Waals surface area (Å²) in [4.78, 5) is 3.60. The van der Waals surface area contributed by atoms with Gasteiger partial charge < -0.3 is 0 Å². The van der Waals surface area contributed by atoms with E-state index in [-0.39, 0.29) is 0 Å². The highest BCUT2D eigenvalue weighted by atomic mass is 15.1. The van der Waals surface area contributed by atoms with Crippen molar-refractivity contribution in [2.45, 2.75) is 194 Å².